The van der Waals surface area contributed by atoms with Gasteiger partial charge in [-0.3, -0.25) is 0 Å². The SMILES string of the molecule is CCCCCCCCCCCCCCCCCCOc1cc(OCCCOc2cccc(OCc3ccccc3)c2)cc(C(=O)OC)c1. The summed E-state index contributed by atoms with van der Waals surface area (Å²) in [6, 6.07) is 23.0. The summed E-state index contributed by atoms with van der Waals surface area (Å²) in [5, 5.41) is 0. The summed E-state index contributed by atoms with van der Waals surface area (Å²) < 4.78 is 28.8. The number of carbonyl (C=O) groups is 1. The first kappa shape index (κ1) is 38.8. The molecule has 0 saturated carbocycles. The number of carbonyl (C=O) groups excluding carboxylic acids is 1. The normalized spacial score (nSPS) is 10.9. The molecule has 3 aromatic carbocycles. The first-order valence-corrected chi connectivity index (χ1v) is 18.6. The van der Waals surface area contributed by atoms with E-state index in [-0.39, 0.29) is 0 Å². The molecule has 3 rings (SSSR count). The van der Waals surface area contributed by atoms with E-state index >= 15 is 0 Å². The average Bonchev–Trinajstić information content (AvgIpc) is 3.12. The lowest BCUT2D eigenvalue weighted by Crippen LogP contribution is -2.07. The first-order chi connectivity index (χ1) is 23.7. The highest BCUT2D eigenvalue weighted by Crippen LogP contribution is 2.25. The smallest absolute Gasteiger partial charge is 0.338 e. The molecule has 0 aliphatic rings. The fraction of sp³-hybridized carbons (Fsp3) is 0.548. The van der Waals surface area contributed by atoms with E-state index in [1.807, 2.05) is 60.7 Å². The molecule has 0 atom stereocenters. The summed E-state index contributed by atoms with van der Waals surface area (Å²) >= 11 is 0. The molecule has 0 heterocycles. The van der Waals surface area contributed by atoms with Crippen LogP contribution >= 0.6 is 0 Å². The van der Waals surface area contributed by atoms with Crippen LogP contribution in [0.1, 0.15) is 132 Å². The van der Waals surface area contributed by atoms with Gasteiger partial charge in [0.25, 0.3) is 0 Å². The van der Waals surface area contributed by atoms with Gasteiger partial charge < -0.3 is 23.7 Å². The van der Waals surface area contributed by atoms with Crippen LogP contribution in [0.15, 0.2) is 72.8 Å². The van der Waals surface area contributed by atoms with Crippen molar-refractivity contribution in [1.29, 1.82) is 0 Å². The highest BCUT2D eigenvalue weighted by molar-refractivity contribution is 5.90. The molecular weight excluding hydrogens is 600 g/mol. The molecule has 0 amide bonds. The Hall–Kier alpha value is -3.67. The zero-order valence-electron chi connectivity index (χ0n) is 29.7. The lowest BCUT2D eigenvalue weighted by molar-refractivity contribution is 0.0599. The minimum Gasteiger partial charge on any atom is -0.493 e. The maximum absolute atomic E-state index is 12.3. The number of unbranched alkanes of at least 4 members (excludes halogenated alkanes) is 15. The van der Waals surface area contributed by atoms with Crippen molar-refractivity contribution in [3.05, 3.63) is 83.9 Å². The van der Waals surface area contributed by atoms with E-state index < -0.39 is 5.97 Å². The molecule has 264 valence electrons. The first-order valence-electron chi connectivity index (χ1n) is 18.6. The van der Waals surface area contributed by atoms with Gasteiger partial charge in [-0.1, -0.05) is 140 Å². The monoisotopic (exact) mass is 660 g/mol. The number of benzene rings is 3. The number of rotatable bonds is 28. The maximum Gasteiger partial charge on any atom is 0.338 e. The van der Waals surface area contributed by atoms with Gasteiger partial charge in [0.2, 0.25) is 0 Å². The van der Waals surface area contributed by atoms with Crippen molar-refractivity contribution in [2.45, 2.75) is 123 Å². The van der Waals surface area contributed by atoms with Crippen LogP contribution < -0.4 is 18.9 Å². The van der Waals surface area contributed by atoms with Gasteiger partial charge in [-0.2, -0.15) is 0 Å². The van der Waals surface area contributed by atoms with E-state index in [2.05, 4.69) is 6.92 Å². The number of ether oxygens (including phenoxy) is 5. The van der Waals surface area contributed by atoms with Gasteiger partial charge in [-0.25, -0.2) is 4.79 Å². The van der Waals surface area contributed by atoms with E-state index in [0.29, 0.717) is 49.9 Å². The van der Waals surface area contributed by atoms with E-state index in [1.165, 1.54) is 97.0 Å². The fourth-order valence-electron chi connectivity index (χ4n) is 5.65. The molecule has 0 radical (unpaired) electrons. The molecular formula is C42H60O6. The quantitative estimate of drug-likeness (QED) is 0.0570. The topological polar surface area (TPSA) is 63.2 Å². The molecule has 6 nitrogen and oxygen atoms in total. The second-order valence-corrected chi connectivity index (χ2v) is 12.6. The Bertz CT molecular complexity index is 1240. The highest BCUT2D eigenvalue weighted by Gasteiger charge is 2.11. The van der Waals surface area contributed by atoms with E-state index in [9.17, 15) is 4.79 Å². The molecule has 0 saturated heterocycles. The molecule has 0 spiro atoms. The van der Waals surface area contributed by atoms with E-state index in [0.717, 1.165) is 29.9 Å². The van der Waals surface area contributed by atoms with Gasteiger partial charge in [-0.05, 0) is 36.2 Å². The van der Waals surface area contributed by atoms with Gasteiger partial charge >= 0.3 is 5.97 Å². The predicted octanol–water partition coefficient (Wildman–Crippen LogP) is 11.5. The van der Waals surface area contributed by atoms with Crippen LogP contribution in [0, 0.1) is 0 Å². The van der Waals surface area contributed by atoms with Crippen LogP contribution in [0.3, 0.4) is 0 Å². The Morgan fingerprint density at radius 2 is 0.938 bits per heavy atom. The van der Waals surface area contributed by atoms with Crippen LogP contribution in [0.5, 0.6) is 23.0 Å². The lowest BCUT2D eigenvalue weighted by atomic mass is 10.0. The average molecular weight is 661 g/mol. The largest absolute Gasteiger partial charge is 0.493 e. The van der Waals surface area contributed by atoms with Crippen molar-refractivity contribution in [1.82, 2.24) is 0 Å². The molecule has 0 N–H and O–H groups in total. The second-order valence-electron chi connectivity index (χ2n) is 12.6. The number of esters is 1. The van der Waals surface area contributed by atoms with Crippen LogP contribution in [0.25, 0.3) is 0 Å². The van der Waals surface area contributed by atoms with E-state index in [4.69, 9.17) is 23.7 Å². The molecule has 48 heavy (non-hydrogen) atoms. The molecule has 3 aromatic rings. The third-order valence-corrected chi connectivity index (χ3v) is 8.45. The van der Waals surface area contributed by atoms with Crippen LogP contribution in [-0.2, 0) is 11.3 Å². The summed E-state index contributed by atoms with van der Waals surface area (Å²) in [5.74, 6) is 2.30. The minimum absolute atomic E-state index is 0.412. The summed E-state index contributed by atoms with van der Waals surface area (Å²) in [5.41, 5.74) is 1.53. The second kappa shape index (κ2) is 25.4. The van der Waals surface area contributed by atoms with E-state index in [1.54, 1.807) is 12.1 Å². The lowest BCUT2D eigenvalue weighted by Gasteiger charge is -2.13. The van der Waals surface area contributed by atoms with Crippen molar-refractivity contribution < 1.29 is 28.5 Å². The zero-order chi connectivity index (χ0) is 33.9. The Morgan fingerprint density at radius 1 is 0.479 bits per heavy atom. The molecule has 0 aliphatic carbocycles. The minimum atomic E-state index is -0.412. The summed E-state index contributed by atoms with van der Waals surface area (Å²) in [6.45, 7) is 4.33. The molecule has 0 aliphatic heterocycles. The number of methoxy groups -OCH3 is 1. The summed E-state index contributed by atoms with van der Waals surface area (Å²) in [4.78, 5) is 12.3. The standard InChI is InChI=1S/C42H60O6/c1-3-4-5-6-7-8-9-10-11-12-13-14-15-16-17-21-28-46-40-31-37(42(43)44-2)32-41(34-40)47-30-23-29-45-38-26-22-27-39(33-38)48-35-36-24-19-18-20-25-36/h18-20,22,24-27,31-34H,3-17,21,23,28-30,35H2,1-2H3. The van der Waals surface area contributed by atoms with Crippen molar-refractivity contribution in [2.75, 3.05) is 26.9 Å². The maximum atomic E-state index is 12.3. The van der Waals surface area contributed by atoms with Crippen molar-refractivity contribution in [2.24, 2.45) is 0 Å². The third kappa shape index (κ3) is 17.5. The summed E-state index contributed by atoms with van der Waals surface area (Å²) in [7, 11) is 1.38. The number of hydrogen-bond donors (Lipinski definition) is 0. The Balaban J connectivity index is 1.26. The van der Waals surface area contributed by atoms with Gasteiger partial charge in [0.15, 0.2) is 0 Å². The van der Waals surface area contributed by atoms with Gasteiger partial charge in [-0.15, -0.1) is 0 Å². The Morgan fingerprint density at radius 3 is 1.48 bits per heavy atom. The third-order valence-electron chi connectivity index (χ3n) is 8.45. The molecule has 0 unspecified atom stereocenters. The fourth-order valence-corrected chi connectivity index (χ4v) is 5.65. The Labute approximate surface area is 290 Å². The highest BCUT2D eigenvalue weighted by atomic mass is 16.5. The van der Waals surface area contributed by atoms with Crippen LogP contribution in [0.2, 0.25) is 0 Å². The van der Waals surface area contributed by atoms with Crippen molar-refractivity contribution >= 4 is 5.97 Å². The molecule has 0 aromatic heterocycles. The van der Waals surface area contributed by atoms with Gasteiger partial charge in [0.05, 0.1) is 32.5 Å². The molecule has 0 fully saturated rings. The number of hydrogen-bond acceptors (Lipinski definition) is 6. The molecule has 6 heteroatoms. The van der Waals surface area contributed by atoms with Crippen LogP contribution in [0.4, 0.5) is 0 Å². The summed E-state index contributed by atoms with van der Waals surface area (Å²) in [6.07, 6.45) is 22.1. The van der Waals surface area contributed by atoms with Crippen molar-refractivity contribution in [3.8, 4) is 23.0 Å². The van der Waals surface area contributed by atoms with Crippen LogP contribution in [-0.4, -0.2) is 32.9 Å². The van der Waals surface area contributed by atoms with Crippen molar-refractivity contribution in [3.63, 3.8) is 0 Å². The molecule has 0 bridgehead atoms. The zero-order valence-corrected chi connectivity index (χ0v) is 29.7. The van der Waals surface area contributed by atoms with Gasteiger partial charge in [0.1, 0.15) is 29.6 Å². The van der Waals surface area contributed by atoms with Gasteiger partial charge in [0, 0.05) is 18.6 Å². The predicted molar refractivity (Wildman–Crippen MR) is 196 cm³/mol. The Kier molecular flexibility index (Phi) is 20.5.